The minimum atomic E-state index is -0.257. The van der Waals surface area contributed by atoms with Crippen molar-refractivity contribution in [1.82, 2.24) is 0 Å². The van der Waals surface area contributed by atoms with Crippen LogP contribution in [0.5, 0.6) is 11.5 Å². The Hall–Kier alpha value is -2.61. The molecule has 0 aliphatic rings. The van der Waals surface area contributed by atoms with Gasteiger partial charge < -0.3 is 4.74 Å². The number of hydrogen-bond acceptors (Lipinski definition) is 1. The molecule has 0 aromatic heterocycles. The van der Waals surface area contributed by atoms with Crippen LogP contribution < -0.4 is 4.74 Å². The lowest BCUT2D eigenvalue weighted by Gasteiger charge is -2.25. The first-order valence-electron chi connectivity index (χ1n) is 9.11. The third kappa shape index (κ3) is 4.95. The predicted molar refractivity (Wildman–Crippen MR) is 105 cm³/mol. The van der Waals surface area contributed by atoms with Gasteiger partial charge in [-0.3, -0.25) is 0 Å². The zero-order chi connectivity index (χ0) is 18.4. The van der Waals surface area contributed by atoms with Crippen LogP contribution in [0, 0.1) is 5.82 Å². The van der Waals surface area contributed by atoms with Gasteiger partial charge in [0.1, 0.15) is 17.3 Å². The molecule has 0 fully saturated rings. The Morgan fingerprint density at radius 3 is 2.27 bits per heavy atom. The molecule has 3 rings (SSSR count). The van der Waals surface area contributed by atoms with E-state index in [4.69, 9.17) is 4.74 Å². The molecule has 1 nitrogen and oxygen atoms in total. The molecule has 0 atom stereocenters. The average molecular weight is 348 g/mol. The van der Waals surface area contributed by atoms with Crippen molar-refractivity contribution >= 4 is 0 Å². The van der Waals surface area contributed by atoms with Gasteiger partial charge in [-0.25, -0.2) is 4.39 Å². The number of benzene rings is 3. The summed E-state index contributed by atoms with van der Waals surface area (Å²) in [5.74, 6) is 1.18. The number of rotatable bonds is 7. The molecule has 2 heteroatoms. The van der Waals surface area contributed by atoms with Crippen molar-refractivity contribution in [2.45, 2.75) is 38.5 Å². The van der Waals surface area contributed by atoms with Crippen molar-refractivity contribution in [3.8, 4) is 11.5 Å². The van der Waals surface area contributed by atoms with E-state index in [1.165, 1.54) is 23.3 Å². The molecule has 0 unspecified atom stereocenters. The molecule has 0 aliphatic heterocycles. The summed E-state index contributed by atoms with van der Waals surface area (Å²) in [5, 5.41) is 0. The van der Waals surface area contributed by atoms with E-state index in [-0.39, 0.29) is 11.2 Å². The summed E-state index contributed by atoms with van der Waals surface area (Å²) in [4.78, 5) is 0. The van der Waals surface area contributed by atoms with Gasteiger partial charge in [-0.15, -0.1) is 0 Å². The van der Waals surface area contributed by atoms with Gasteiger partial charge in [0.25, 0.3) is 0 Å². The highest BCUT2D eigenvalue weighted by Gasteiger charge is 2.19. The van der Waals surface area contributed by atoms with Gasteiger partial charge in [0.2, 0.25) is 0 Å². The summed E-state index contributed by atoms with van der Waals surface area (Å²) in [6, 6.07) is 24.9. The summed E-state index contributed by atoms with van der Waals surface area (Å²) < 4.78 is 18.8. The van der Waals surface area contributed by atoms with Crippen molar-refractivity contribution in [3.63, 3.8) is 0 Å². The number of ether oxygens (including phenoxy) is 1. The van der Waals surface area contributed by atoms with Crippen LogP contribution in [0.15, 0.2) is 78.9 Å². The normalized spacial score (nSPS) is 11.3. The Morgan fingerprint density at radius 1 is 0.808 bits per heavy atom. The number of halogens is 1. The van der Waals surface area contributed by atoms with Crippen molar-refractivity contribution in [2.75, 3.05) is 0 Å². The van der Waals surface area contributed by atoms with Crippen LogP contribution in [-0.2, 0) is 11.8 Å². The molecule has 0 heterocycles. The molecule has 3 aromatic carbocycles. The Morgan fingerprint density at radius 2 is 1.54 bits per heavy atom. The largest absolute Gasteiger partial charge is 0.457 e. The first kappa shape index (κ1) is 18.2. The molecule has 0 N–H and O–H groups in total. The number of hydrogen-bond donors (Lipinski definition) is 0. The second-order valence-electron chi connectivity index (χ2n) is 7.31. The Bertz CT molecular complexity index is 822. The third-order valence-electron chi connectivity index (χ3n) is 4.77. The monoisotopic (exact) mass is 348 g/mol. The highest BCUT2D eigenvalue weighted by Crippen LogP contribution is 2.29. The molecule has 0 saturated carbocycles. The van der Waals surface area contributed by atoms with E-state index < -0.39 is 0 Å². The standard InChI is InChI=1S/C24H25FO/c1-24(2,20-10-4-3-5-11-20)17-7-9-19-8-6-12-23(18-19)26-22-15-13-21(25)14-16-22/h3-6,8,10-16,18H,7,9,17H2,1-2H3. The fourth-order valence-electron chi connectivity index (χ4n) is 3.17. The molecule has 0 amide bonds. The average Bonchev–Trinajstić information content (AvgIpc) is 2.65. The van der Waals surface area contributed by atoms with Crippen LogP contribution in [0.2, 0.25) is 0 Å². The van der Waals surface area contributed by atoms with Gasteiger partial charge in [0.05, 0.1) is 0 Å². The zero-order valence-electron chi connectivity index (χ0n) is 15.4. The molecule has 0 spiro atoms. The quantitative estimate of drug-likeness (QED) is 0.450. The second kappa shape index (κ2) is 8.18. The van der Waals surface area contributed by atoms with Gasteiger partial charge in [-0.2, -0.15) is 0 Å². The predicted octanol–water partition coefficient (Wildman–Crippen LogP) is 6.92. The first-order chi connectivity index (χ1) is 12.5. The van der Waals surface area contributed by atoms with Crippen LogP contribution in [0.1, 0.15) is 37.8 Å². The zero-order valence-corrected chi connectivity index (χ0v) is 15.4. The Balaban J connectivity index is 1.58. The van der Waals surface area contributed by atoms with Crippen LogP contribution in [0.3, 0.4) is 0 Å². The fourth-order valence-corrected chi connectivity index (χ4v) is 3.17. The van der Waals surface area contributed by atoms with E-state index in [9.17, 15) is 4.39 Å². The maximum atomic E-state index is 13.0. The maximum Gasteiger partial charge on any atom is 0.127 e. The maximum absolute atomic E-state index is 13.0. The molecule has 0 saturated heterocycles. The molecule has 3 aromatic rings. The molecule has 134 valence electrons. The Labute approximate surface area is 155 Å². The molecular formula is C24H25FO. The van der Waals surface area contributed by atoms with Crippen molar-refractivity contribution in [1.29, 1.82) is 0 Å². The third-order valence-corrected chi connectivity index (χ3v) is 4.77. The lowest BCUT2D eigenvalue weighted by molar-refractivity contribution is 0.460. The van der Waals surface area contributed by atoms with E-state index in [1.54, 1.807) is 12.1 Å². The van der Waals surface area contributed by atoms with Crippen LogP contribution >= 0.6 is 0 Å². The van der Waals surface area contributed by atoms with Gasteiger partial charge in [0.15, 0.2) is 0 Å². The smallest absolute Gasteiger partial charge is 0.127 e. The lowest BCUT2D eigenvalue weighted by Crippen LogP contribution is -2.17. The molecule has 0 aliphatic carbocycles. The van der Waals surface area contributed by atoms with Crippen molar-refractivity contribution in [3.05, 3.63) is 95.8 Å². The van der Waals surface area contributed by atoms with Crippen molar-refractivity contribution in [2.24, 2.45) is 0 Å². The SMILES string of the molecule is CC(C)(CCCc1cccc(Oc2ccc(F)cc2)c1)c1ccccc1. The van der Waals surface area contributed by atoms with Crippen LogP contribution in [0.4, 0.5) is 4.39 Å². The van der Waals surface area contributed by atoms with E-state index >= 15 is 0 Å². The van der Waals surface area contributed by atoms with Gasteiger partial charge in [0, 0.05) is 0 Å². The first-order valence-corrected chi connectivity index (χ1v) is 9.11. The van der Waals surface area contributed by atoms with E-state index in [1.807, 2.05) is 12.1 Å². The molecule has 0 bridgehead atoms. The summed E-state index contributed by atoms with van der Waals surface area (Å²) in [7, 11) is 0. The van der Waals surface area contributed by atoms with E-state index in [0.29, 0.717) is 5.75 Å². The summed E-state index contributed by atoms with van der Waals surface area (Å²) in [5.41, 5.74) is 2.81. The van der Waals surface area contributed by atoms with E-state index in [2.05, 4.69) is 56.3 Å². The topological polar surface area (TPSA) is 9.23 Å². The number of aryl methyl sites for hydroxylation is 1. The lowest BCUT2D eigenvalue weighted by atomic mass is 9.80. The van der Waals surface area contributed by atoms with Gasteiger partial charge >= 0.3 is 0 Å². The minimum absolute atomic E-state index is 0.170. The van der Waals surface area contributed by atoms with Gasteiger partial charge in [-0.1, -0.05) is 56.3 Å². The molecule has 0 radical (unpaired) electrons. The molecule has 26 heavy (non-hydrogen) atoms. The Kier molecular flexibility index (Phi) is 5.72. The summed E-state index contributed by atoms with van der Waals surface area (Å²) in [6.07, 6.45) is 3.25. The van der Waals surface area contributed by atoms with Crippen molar-refractivity contribution < 1.29 is 9.13 Å². The highest BCUT2D eigenvalue weighted by molar-refractivity contribution is 5.34. The summed E-state index contributed by atoms with van der Waals surface area (Å²) in [6.45, 7) is 4.60. The van der Waals surface area contributed by atoms with Gasteiger partial charge in [-0.05, 0) is 72.2 Å². The highest BCUT2D eigenvalue weighted by atomic mass is 19.1. The minimum Gasteiger partial charge on any atom is -0.457 e. The second-order valence-corrected chi connectivity index (χ2v) is 7.31. The van der Waals surface area contributed by atoms with E-state index in [0.717, 1.165) is 25.0 Å². The molecular weight excluding hydrogens is 323 g/mol. The van der Waals surface area contributed by atoms with Crippen LogP contribution in [-0.4, -0.2) is 0 Å². The van der Waals surface area contributed by atoms with Crippen LogP contribution in [0.25, 0.3) is 0 Å². The fraction of sp³-hybridized carbons (Fsp3) is 0.250. The summed E-state index contributed by atoms with van der Waals surface area (Å²) >= 11 is 0.